The Morgan fingerprint density at radius 1 is 1.04 bits per heavy atom. The topological polar surface area (TPSA) is 67.4 Å². The van der Waals surface area contributed by atoms with Crippen molar-refractivity contribution in [1.82, 2.24) is 10.6 Å². The van der Waals surface area contributed by atoms with Gasteiger partial charge in [-0.1, -0.05) is 48.0 Å². The summed E-state index contributed by atoms with van der Waals surface area (Å²) < 4.78 is 5.34. The predicted molar refractivity (Wildman–Crippen MR) is 103 cm³/mol. The van der Waals surface area contributed by atoms with Gasteiger partial charge in [-0.25, -0.2) is 0 Å². The second-order valence-corrected chi connectivity index (χ2v) is 6.20. The molecule has 0 aromatic heterocycles. The molecule has 0 aliphatic carbocycles. The second kappa shape index (κ2) is 9.85. The molecule has 0 aliphatic rings. The van der Waals surface area contributed by atoms with Crippen molar-refractivity contribution in [3.8, 4) is 5.75 Å². The first-order chi connectivity index (χ1) is 12.5. The van der Waals surface area contributed by atoms with Gasteiger partial charge in [0.1, 0.15) is 5.75 Å². The van der Waals surface area contributed by atoms with Crippen LogP contribution in [0.4, 0.5) is 0 Å². The zero-order chi connectivity index (χ0) is 18.9. The number of hydrogen-bond donors (Lipinski definition) is 2. The van der Waals surface area contributed by atoms with Crippen LogP contribution in [0.15, 0.2) is 60.8 Å². The van der Waals surface area contributed by atoms with Crippen molar-refractivity contribution in [1.29, 1.82) is 0 Å². The molecule has 2 amide bonds. The number of halogens is 2. The molecule has 0 bridgehead atoms. The molecule has 2 aromatic rings. The van der Waals surface area contributed by atoms with E-state index in [0.717, 1.165) is 0 Å². The number of nitrogens with one attached hydrogen (secondary N) is 2. The normalized spacial score (nSPS) is 10.1. The minimum absolute atomic E-state index is 0.152. The third kappa shape index (κ3) is 6.43. The van der Waals surface area contributed by atoms with Crippen LogP contribution in [0.3, 0.4) is 0 Å². The Morgan fingerprint density at radius 3 is 2.46 bits per heavy atom. The number of hydrogen-bond acceptors (Lipinski definition) is 3. The molecule has 0 saturated carbocycles. The molecule has 0 spiro atoms. The molecule has 0 heterocycles. The number of amides is 2. The highest BCUT2D eigenvalue weighted by Crippen LogP contribution is 2.26. The molecular formula is C19H18Cl2N2O3. The summed E-state index contributed by atoms with van der Waals surface area (Å²) in [4.78, 5) is 23.7. The summed E-state index contributed by atoms with van der Waals surface area (Å²) in [6.45, 7) is 3.97. The lowest BCUT2D eigenvalue weighted by atomic mass is 10.2. The molecule has 7 heteroatoms. The van der Waals surface area contributed by atoms with Gasteiger partial charge in [0.05, 0.1) is 10.0 Å². The largest absolute Gasteiger partial charge is 0.484 e. The SMILES string of the molecule is C=C(CCNC(=O)COc1ccc(Cl)c(Cl)c1)NC(=O)c1ccccc1. The van der Waals surface area contributed by atoms with Crippen molar-refractivity contribution in [2.24, 2.45) is 0 Å². The van der Waals surface area contributed by atoms with Gasteiger partial charge in [-0.2, -0.15) is 0 Å². The summed E-state index contributed by atoms with van der Waals surface area (Å²) in [5.74, 6) is -0.0720. The van der Waals surface area contributed by atoms with E-state index in [2.05, 4.69) is 17.2 Å². The van der Waals surface area contributed by atoms with Gasteiger partial charge in [0, 0.05) is 30.3 Å². The maximum atomic E-state index is 12.0. The first-order valence-electron chi connectivity index (χ1n) is 7.84. The van der Waals surface area contributed by atoms with Crippen molar-refractivity contribution in [2.45, 2.75) is 6.42 Å². The van der Waals surface area contributed by atoms with Gasteiger partial charge in [-0.05, 0) is 24.3 Å². The Balaban J connectivity index is 1.66. The lowest BCUT2D eigenvalue weighted by Gasteiger charge is -2.10. The average Bonchev–Trinajstić information content (AvgIpc) is 2.63. The summed E-state index contributed by atoms with van der Waals surface area (Å²) in [6, 6.07) is 13.6. The number of carbonyl (C=O) groups is 2. The Kier molecular flexibility index (Phi) is 7.51. The van der Waals surface area contributed by atoms with Crippen molar-refractivity contribution < 1.29 is 14.3 Å². The molecule has 0 atom stereocenters. The van der Waals surface area contributed by atoms with E-state index in [-0.39, 0.29) is 18.4 Å². The number of ether oxygens (including phenoxy) is 1. The summed E-state index contributed by atoms with van der Waals surface area (Å²) in [6.07, 6.45) is 0.414. The highest BCUT2D eigenvalue weighted by molar-refractivity contribution is 6.42. The number of rotatable bonds is 8. The van der Waals surface area contributed by atoms with Crippen molar-refractivity contribution in [2.75, 3.05) is 13.2 Å². The lowest BCUT2D eigenvalue weighted by Crippen LogP contribution is -2.31. The molecular weight excluding hydrogens is 375 g/mol. The molecule has 0 unspecified atom stereocenters. The third-order valence-electron chi connectivity index (χ3n) is 3.34. The van der Waals surface area contributed by atoms with Crippen LogP contribution in [0.1, 0.15) is 16.8 Å². The van der Waals surface area contributed by atoms with E-state index in [1.807, 2.05) is 6.07 Å². The van der Waals surface area contributed by atoms with Crippen molar-refractivity contribution in [3.05, 3.63) is 76.4 Å². The van der Waals surface area contributed by atoms with Gasteiger partial charge >= 0.3 is 0 Å². The van der Waals surface area contributed by atoms with Gasteiger partial charge in [0.2, 0.25) is 0 Å². The van der Waals surface area contributed by atoms with Gasteiger partial charge in [0.25, 0.3) is 11.8 Å². The quantitative estimate of drug-likeness (QED) is 0.717. The fraction of sp³-hybridized carbons (Fsp3) is 0.158. The summed E-state index contributed by atoms with van der Waals surface area (Å²) in [5.41, 5.74) is 1.07. The van der Waals surface area contributed by atoms with Crippen LogP contribution in [0.2, 0.25) is 10.0 Å². The third-order valence-corrected chi connectivity index (χ3v) is 4.08. The fourth-order valence-electron chi connectivity index (χ4n) is 2.00. The smallest absolute Gasteiger partial charge is 0.257 e. The average molecular weight is 393 g/mol. The van der Waals surface area contributed by atoms with Crippen LogP contribution in [-0.4, -0.2) is 25.0 Å². The number of carbonyl (C=O) groups excluding carboxylic acids is 2. The molecule has 0 fully saturated rings. The molecule has 136 valence electrons. The van der Waals surface area contributed by atoms with E-state index < -0.39 is 0 Å². The highest BCUT2D eigenvalue weighted by Gasteiger charge is 2.07. The first kappa shape index (κ1) is 19.8. The van der Waals surface area contributed by atoms with Gasteiger partial charge in [0.15, 0.2) is 6.61 Å². The minimum atomic E-state index is -0.293. The van der Waals surface area contributed by atoms with Crippen LogP contribution in [-0.2, 0) is 4.79 Å². The summed E-state index contributed by atoms with van der Waals surface area (Å²) >= 11 is 11.7. The van der Waals surface area contributed by atoms with E-state index in [4.69, 9.17) is 27.9 Å². The maximum Gasteiger partial charge on any atom is 0.257 e. The molecule has 2 aromatic carbocycles. The highest BCUT2D eigenvalue weighted by atomic mass is 35.5. The van der Waals surface area contributed by atoms with Crippen molar-refractivity contribution in [3.63, 3.8) is 0 Å². The Bertz CT molecular complexity index is 795. The predicted octanol–water partition coefficient (Wildman–Crippen LogP) is 3.82. The Hall–Kier alpha value is -2.50. The molecule has 5 nitrogen and oxygen atoms in total. The van der Waals surface area contributed by atoms with E-state index in [9.17, 15) is 9.59 Å². The van der Waals surface area contributed by atoms with Crippen LogP contribution in [0, 0.1) is 0 Å². The van der Waals surface area contributed by atoms with E-state index >= 15 is 0 Å². The molecule has 2 N–H and O–H groups in total. The zero-order valence-corrected chi connectivity index (χ0v) is 15.4. The zero-order valence-electron chi connectivity index (χ0n) is 13.9. The van der Waals surface area contributed by atoms with E-state index in [1.54, 1.807) is 36.4 Å². The maximum absolute atomic E-state index is 12.0. The molecule has 0 aliphatic heterocycles. The van der Waals surface area contributed by atoms with Gasteiger partial charge in [-0.3, -0.25) is 9.59 Å². The van der Waals surface area contributed by atoms with Crippen LogP contribution < -0.4 is 15.4 Å². The fourth-order valence-corrected chi connectivity index (χ4v) is 2.29. The molecule has 2 rings (SSSR count). The van der Waals surface area contributed by atoms with Gasteiger partial charge in [-0.15, -0.1) is 0 Å². The second-order valence-electron chi connectivity index (χ2n) is 5.39. The molecule has 26 heavy (non-hydrogen) atoms. The first-order valence-corrected chi connectivity index (χ1v) is 8.60. The monoisotopic (exact) mass is 392 g/mol. The van der Waals surface area contributed by atoms with Crippen LogP contribution >= 0.6 is 23.2 Å². The minimum Gasteiger partial charge on any atom is -0.484 e. The molecule has 0 radical (unpaired) electrons. The van der Waals surface area contributed by atoms with Crippen LogP contribution in [0.5, 0.6) is 5.75 Å². The standard InChI is InChI=1S/C19H18Cl2N2O3/c1-13(23-19(25)14-5-3-2-4-6-14)9-10-22-18(24)12-26-15-7-8-16(20)17(21)11-15/h2-8,11H,1,9-10,12H2,(H,22,24)(H,23,25). The summed E-state index contributed by atoms with van der Waals surface area (Å²) in [7, 11) is 0. The van der Waals surface area contributed by atoms with E-state index in [1.165, 1.54) is 6.07 Å². The van der Waals surface area contributed by atoms with Crippen LogP contribution in [0.25, 0.3) is 0 Å². The lowest BCUT2D eigenvalue weighted by molar-refractivity contribution is -0.123. The van der Waals surface area contributed by atoms with Gasteiger partial charge < -0.3 is 15.4 Å². The Morgan fingerprint density at radius 2 is 1.77 bits per heavy atom. The molecule has 0 saturated heterocycles. The number of benzene rings is 2. The summed E-state index contributed by atoms with van der Waals surface area (Å²) in [5, 5.41) is 6.16. The van der Waals surface area contributed by atoms with E-state index in [0.29, 0.717) is 40.0 Å². The van der Waals surface area contributed by atoms with Crippen molar-refractivity contribution >= 4 is 35.0 Å². The Labute approximate surface area is 161 Å².